The summed E-state index contributed by atoms with van der Waals surface area (Å²) in [5, 5.41) is 11.1. The van der Waals surface area contributed by atoms with Crippen molar-refractivity contribution in [3.8, 4) is 0 Å². The van der Waals surface area contributed by atoms with Crippen molar-refractivity contribution in [2.24, 2.45) is 0 Å². The highest BCUT2D eigenvalue weighted by atomic mass is 32.2. The molecule has 7 heteroatoms. The van der Waals surface area contributed by atoms with Crippen molar-refractivity contribution >= 4 is 21.2 Å². The molecule has 0 aliphatic heterocycles. The molecule has 1 unspecified atom stereocenters. The average Bonchev–Trinajstić information content (AvgIpc) is 2.59. The van der Waals surface area contributed by atoms with Crippen molar-refractivity contribution in [3.05, 3.63) is 63.7 Å². The molecular formula is C18H20N2O4S. The fourth-order valence-corrected chi connectivity index (χ4v) is 4.25. The monoisotopic (exact) mass is 360 g/mol. The molecule has 132 valence electrons. The Bertz CT molecular complexity index is 924. The van der Waals surface area contributed by atoms with Crippen molar-refractivity contribution in [1.29, 1.82) is 0 Å². The molecule has 2 aromatic carbocycles. The molecule has 0 N–H and O–H groups in total. The van der Waals surface area contributed by atoms with Crippen LogP contribution in [0.3, 0.4) is 0 Å². The standard InChI is InChI=1S/C18H20N2O4S/c1-19(15-8-7-13-5-3-4-6-14(13)11-15)16-9-10-17(20(21)22)18(12-16)25(2,23)24/h3-6,9-10,12,15H,7-8,11H2,1-2H3. The predicted octanol–water partition coefficient (Wildman–Crippen LogP) is 2.99. The van der Waals surface area contributed by atoms with Crippen LogP contribution >= 0.6 is 0 Å². The van der Waals surface area contributed by atoms with Crippen molar-refractivity contribution in [3.63, 3.8) is 0 Å². The molecule has 0 bridgehead atoms. The second kappa shape index (κ2) is 6.48. The number of nitrogens with zero attached hydrogens (tertiary/aromatic N) is 2. The number of nitro benzene ring substituents is 1. The van der Waals surface area contributed by atoms with Gasteiger partial charge in [-0.1, -0.05) is 24.3 Å². The van der Waals surface area contributed by atoms with Crippen LogP contribution in [0.1, 0.15) is 17.5 Å². The number of aryl methyl sites for hydroxylation is 1. The van der Waals surface area contributed by atoms with E-state index in [0.29, 0.717) is 5.69 Å². The van der Waals surface area contributed by atoms with E-state index in [1.807, 2.05) is 24.1 Å². The fourth-order valence-electron chi connectivity index (χ4n) is 3.39. The number of rotatable bonds is 4. The molecule has 0 aromatic heterocycles. The molecule has 1 aliphatic carbocycles. The third kappa shape index (κ3) is 3.51. The molecule has 0 heterocycles. The number of nitro groups is 1. The van der Waals surface area contributed by atoms with Gasteiger partial charge < -0.3 is 4.90 Å². The van der Waals surface area contributed by atoms with Crippen LogP contribution in [0.25, 0.3) is 0 Å². The SMILES string of the molecule is CN(c1ccc([N+](=O)[O-])c(S(C)(=O)=O)c1)C1CCc2ccccc2C1. The Balaban J connectivity index is 1.93. The molecule has 1 aliphatic rings. The molecule has 0 saturated heterocycles. The van der Waals surface area contributed by atoms with E-state index in [4.69, 9.17) is 0 Å². The van der Waals surface area contributed by atoms with Gasteiger partial charge in [0.2, 0.25) is 0 Å². The highest BCUT2D eigenvalue weighted by molar-refractivity contribution is 7.90. The van der Waals surface area contributed by atoms with Crippen LogP contribution in [0, 0.1) is 10.1 Å². The van der Waals surface area contributed by atoms with Gasteiger partial charge in [-0.25, -0.2) is 8.42 Å². The minimum Gasteiger partial charge on any atom is -0.371 e. The number of hydrogen-bond acceptors (Lipinski definition) is 5. The Labute approximate surface area is 147 Å². The van der Waals surface area contributed by atoms with Crippen molar-refractivity contribution in [1.82, 2.24) is 0 Å². The summed E-state index contributed by atoms with van der Waals surface area (Å²) >= 11 is 0. The second-order valence-electron chi connectivity index (χ2n) is 6.46. The van der Waals surface area contributed by atoms with Crippen molar-refractivity contribution in [2.45, 2.75) is 30.2 Å². The van der Waals surface area contributed by atoms with E-state index < -0.39 is 14.8 Å². The zero-order valence-electron chi connectivity index (χ0n) is 14.2. The van der Waals surface area contributed by atoms with Crippen LogP contribution < -0.4 is 4.90 Å². The quantitative estimate of drug-likeness (QED) is 0.618. The van der Waals surface area contributed by atoms with E-state index >= 15 is 0 Å². The molecule has 0 amide bonds. The third-order valence-electron chi connectivity index (χ3n) is 4.82. The molecule has 0 spiro atoms. The summed E-state index contributed by atoms with van der Waals surface area (Å²) in [6.45, 7) is 0. The number of hydrogen-bond donors (Lipinski definition) is 0. The van der Waals surface area contributed by atoms with E-state index in [1.165, 1.54) is 23.3 Å². The lowest BCUT2D eigenvalue weighted by Gasteiger charge is -2.34. The van der Waals surface area contributed by atoms with Crippen LogP contribution in [-0.2, 0) is 22.7 Å². The molecule has 0 fully saturated rings. The molecule has 0 saturated carbocycles. The van der Waals surface area contributed by atoms with E-state index in [0.717, 1.165) is 25.5 Å². The molecule has 1 atom stereocenters. The average molecular weight is 360 g/mol. The van der Waals surface area contributed by atoms with E-state index in [9.17, 15) is 18.5 Å². The summed E-state index contributed by atoms with van der Waals surface area (Å²) < 4.78 is 23.9. The molecule has 25 heavy (non-hydrogen) atoms. The van der Waals surface area contributed by atoms with Gasteiger partial charge in [0.15, 0.2) is 9.84 Å². The van der Waals surface area contributed by atoms with Gasteiger partial charge in [0.05, 0.1) is 4.92 Å². The van der Waals surface area contributed by atoms with Crippen molar-refractivity contribution in [2.75, 3.05) is 18.2 Å². The Morgan fingerprint density at radius 1 is 1.16 bits per heavy atom. The van der Waals surface area contributed by atoms with Gasteiger partial charge in [-0.15, -0.1) is 0 Å². The lowest BCUT2D eigenvalue weighted by atomic mass is 9.87. The van der Waals surface area contributed by atoms with Gasteiger partial charge in [-0.2, -0.15) is 0 Å². The van der Waals surface area contributed by atoms with E-state index in [-0.39, 0.29) is 16.6 Å². The fraction of sp³-hybridized carbons (Fsp3) is 0.333. The maximum atomic E-state index is 11.9. The minimum absolute atomic E-state index is 0.226. The first-order chi connectivity index (χ1) is 11.8. The van der Waals surface area contributed by atoms with Crippen LogP contribution in [0.5, 0.6) is 0 Å². The number of benzene rings is 2. The Morgan fingerprint density at radius 3 is 2.48 bits per heavy atom. The van der Waals surface area contributed by atoms with Crippen LogP contribution in [0.15, 0.2) is 47.4 Å². The van der Waals surface area contributed by atoms with Crippen LogP contribution in [0.4, 0.5) is 11.4 Å². The molecule has 6 nitrogen and oxygen atoms in total. The lowest BCUT2D eigenvalue weighted by Crippen LogP contribution is -2.36. The first kappa shape index (κ1) is 17.4. The van der Waals surface area contributed by atoms with Crippen molar-refractivity contribution < 1.29 is 13.3 Å². The Kier molecular flexibility index (Phi) is 4.51. The number of sulfone groups is 1. The van der Waals surface area contributed by atoms with Crippen LogP contribution in [-0.4, -0.2) is 32.7 Å². The summed E-state index contributed by atoms with van der Waals surface area (Å²) in [6, 6.07) is 12.8. The highest BCUT2D eigenvalue weighted by Crippen LogP contribution is 2.32. The normalized spacial score (nSPS) is 17.0. The predicted molar refractivity (Wildman–Crippen MR) is 96.9 cm³/mol. The van der Waals surface area contributed by atoms with Gasteiger partial charge in [0.25, 0.3) is 5.69 Å². The van der Waals surface area contributed by atoms with E-state index in [2.05, 4.69) is 12.1 Å². The topological polar surface area (TPSA) is 80.5 Å². The van der Waals surface area contributed by atoms with Gasteiger partial charge in [0, 0.05) is 31.1 Å². The van der Waals surface area contributed by atoms with Gasteiger partial charge >= 0.3 is 0 Å². The van der Waals surface area contributed by atoms with E-state index in [1.54, 1.807) is 6.07 Å². The zero-order valence-corrected chi connectivity index (χ0v) is 15.0. The first-order valence-electron chi connectivity index (χ1n) is 8.05. The van der Waals surface area contributed by atoms with Gasteiger partial charge in [0.1, 0.15) is 4.90 Å². The smallest absolute Gasteiger partial charge is 0.288 e. The maximum absolute atomic E-state index is 11.9. The lowest BCUT2D eigenvalue weighted by molar-refractivity contribution is -0.387. The molecule has 0 radical (unpaired) electrons. The second-order valence-corrected chi connectivity index (χ2v) is 8.44. The zero-order chi connectivity index (χ0) is 18.2. The van der Waals surface area contributed by atoms with Crippen LogP contribution in [0.2, 0.25) is 0 Å². The summed E-state index contributed by atoms with van der Waals surface area (Å²) in [5.41, 5.74) is 2.95. The third-order valence-corrected chi connectivity index (χ3v) is 5.94. The summed E-state index contributed by atoms with van der Waals surface area (Å²) in [4.78, 5) is 12.2. The highest BCUT2D eigenvalue weighted by Gasteiger charge is 2.26. The first-order valence-corrected chi connectivity index (χ1v) is 9.94. The summed E-state index contributed by atoms with van der Waals surface area (Å²) in [5.74, 6) is 0. The number of fused-ring (bicyclic) bond motifs is 1. The Hall–Kier alpha value is -2.41. The minimum atomic E-state index is -3.68. The molecular weight excluding hydrogens is 340 g/mol. The molecule has 3 rings (SSSR count). The Morgan fingerprint density at radius 2 is 1.84 bits per heavy atom. The summed E-state index contributed by atoms with van der Waals surface area (Å²) in [7, 11) is -1.77. The summed E-state index contributed by atoms with van der Waals surface area (Å²) in [6.07, 6.45) is 3.80. The van der Waals surface area contributed by atoms with Gasteiger partial charge in [-0.3, -0.25) is 10.1 Å². The van der Waals surface area contributed by atoms with Gasteiger partial charge in [-0.05, 0) is 42.5 Å². The maximum Gasteiger partial charge on any atom is 0.288 e. The largest absolute Gasteiger partial charge is 0.371 e. The molecule has 2 aromatic rings. The number of anilines is 1. The number of likely N-dealkylation sites (N-methyl/N-ethyl adjacent to an activating group) is 1.